The van der Waals surface area contributed by atoms with Crippen molar-refractivity contribution in [1.82, 2.24) is 9.55 Å². The molecule has 5 heteroatoms. The molecule has 5 nitrogen and oxygen atoms in total. The van der Waals surface area contributed by atoms with Crippen molar-refractivity contribution in [3.8, 4) is 22.8 Å². The number of aromatic nitrogens is 2. The smallest absolute Gasteiger partial charge is 0.203 e. The number of benzene rings is 2. The molecule has 0 bridgehead atoms. The average molecular weight is 337 g/mol. The van der Waals surface area contributed by atoms with Crippen molar-refractivity contribution in [1.29, 1.82) is 0 Å². The molecule has 0 aliphatic heterocycles. The van der Waals surface area contributed by atoms with Gasteiger partial charge in [0, 0.05) is 24.7 Å². The van der Waals surface area contributed by atoms with Gasteiger partial charge in [0.05, 0.1) is 25.6 Å². The first-order valence-corrected chi connectivity index (χ1v) is 8.33. The predicted octanol–water partition coefficient (Wildman–Crippen LogP) is 4.11. The van der Waals surface area contributed by atoms with Crippen molar-refractivity contribution in [3.63, 3.8) is 0 Å². The number of nitrogens with zero attached hydrogens (tertiary/aromatic N) is 2. The number of hydrogen-bond acceptors (Lipinski definition) is 4. The molecule has 0 saturated heterocycles. The Kier molecular flexibility index (Phi) is 5.23. The molecule has 1 aromatic heterocycles. The van der Waals surface area contributed by atoms with Crippen LogP contribution in [0.3, 0.4) is 0 Å². The number of ether oxygens (including phenoxy) is 2. The van der Waals surface area contributed by atoms with E-state index in [0.717, 1.165) is 34.3 Å². The normalized spacial score (nSPS) is 10.5. The Bertz CT molecular complexity index is 825. The van der Waals surface area contributed by atoms with Crippen LogP contribution < -0.4 is 14.8 Å². The van der Waals surface area contributed by atoms with Gasteiger partial charge in [0.2, 0.25) is 5.95 Å². The summed E-state index contributed by atoms with van der Waals surface area (Å²) >= 11 is 0. The fourth-order valence-electron chi connectivity index (χ4n) is 2.72. The molecule has 0 amide bonds. The molecule has 0 aliphatic rings. The molecular formula is C20H23N3O2. The number of nitrogens with one attached hydrogen (secondary N) is 1. The van der Waals surface area contributed by atoms with E-state index in [1.54, 1.807) is 7.11 Å². The van der Waals surface area contributed by atoms with Gasteiger partial charge < -0.3 is 19.4 Å². The van der Waals surface area contributed by atoms with E-state index < -0.39 is 0 Å². The highest BCUT2D eigenvalue weighted by atomic mass is 16.5. The molecular weight excluding hydrogens is 314 g/mol. The highest BCUT2D eigenvalue weighted by Gasteiger charge is 2.10. The van der Waals surface area contributed by atoms with Crippen LogP contribution in [0.4, 0.5) is 5.95 Å². The Morgan fingerprint density at radius 1 is 1.08 bits per heavy atom. The van der Waals surface area contributed by atoms with Gasteiger partial charge in [-0.2, -0.15) is 0 Å². The lowest BCUT2D eigenvalue weighted by atomic mass is 10.1. The van der Waals surface area contributed by atoms with Crippen LogP contribution >= 0.6 is 0 Å². The third-order valence-corrected chi connectivity index (χ3v) is 4.08. The highest BCUT2D eigenvalue weighted by Crippen LogP contribution is 2.25. The van der Waals surface area contributed by atoms with Crippen molar-refractivity contribution in [3.05, 3.63) is 60.3 Å². The Hall–Kier alpha value is -2.95. The molecule has 3 rings (SSSR count). The lowest BCUT2D eigenvalue weighted by Crippen LogP contribution is -2.07. The molecule has 0 radical (unpaired) electrons. The topological polar surface area (TPSA) is 48.3 Å². The first kappa shape index (κ1) is 16.9. The number of hydrogen-bond donors (Lipinski definition) is 1. The molecule has 0 atom stereocenters. The molecule has 1 N–H and O–H groups in total. The number of methoxy groups -OCH3 is 1. The zero-order valence-corrected chi connectivity index (χ0v) is 14.8. The minimum absolute atomic E-state index is 0.654. The van der Waals surface area contributed by atoms with Crippen molar-refractivity contribution < 1.29 is 9.47 Å². The van der Waals surface area contributed by atoms with E-state index in [1.165, 1.54) is 0 Å². The number of anilines is 1. The Labute approximate surface area is 148 Å². The van der Waals surface area contributed by atoms with Crippen LogP contribution in [0.5, 0.6) is 11.5 Å². The molecule has 2 aromatic carbocycles. The van der Waals surface area contributed by atoms with E-state index in [4.69, 9.17) is 9.47 Å². The zero-order chi connectivity index (χ0) is 17.6. The maximum Gasteiger partial charge on any atom is 0.203 e. The van der Waals surface area contributed by atoms with E-state index in [2.05, 4.69) is 16.4 Å². The van der Waals surface area contributed by atoms with Crippen LogP contribution in [0.25, 0.3) is 11.3 Å². The minimum atomic E-state index is 0.654. The maximum absolute atomic E-state index is 5.67. The van der Waals surface area contributed by atoms with Gasteiger partial charge in [0.1, 0.15) is 11.5 Å². The molecule has 0 saturated carbocycles. The van der Waals surface area contributed by atoms with Gasteiger partial charge in [-0.1, -0.05) is 18.2 Å². The first-order valence-electron chi connectivity index (χ1n) is 8.33. The molecule has 130 valence electrons. The Morgan fingerprint density at radius 3 is 2.56 bits per heavy atom. The Balaban J connectivity index is 1.75. The monoisotopic (exact) mass is 337 g/mol. The van der Waals surface area contributed by atoms with E-state index in [0.29, 0.717) is 13.2 Å². The van der Waals surface area contributed by atoms with Gasteiger partial charge in [-0.3, -0.25) is 0 Å². The van der Waals surface area contributed by atoms with Crippen molar-refractivity contribution in [2.45, 2.75) is 13.5 Å². The molecule has 0 unspecified atom stereocenters. The van der Waals surface area contributed by atoms with Crippen LogP contribution in [0.15, 0.2) is 54.7 Å². The second-order valence-electron chi connectivity index (χ2n) is 5.65. The summed E-state index contributed by atoms with van der Waals surface area (Å²) in [5.41, 5.74) is 3.25. The van der Waals surface area contributed by atoms with E-state index in [1.807, 2.05) is 67.2 Å². The van der Waals surface area contributed by atoms with Gasteiger partial charge in [-0.05, 0) is 37.3 Å². The SMILES string of the molecule is CCOc1ccccc1CNc1ncc(-c2ccc(OC)cc2)n1C. The summed E-state index contributed by atoms with van der Waals surface area (Å²) in [4.78, 5) is 4.51. The molecule has 1 heterocycles. The maximum atomic E-state index is 5.67. The summed E-state index contributed by atoms with van der Waals surface area (Å²) in [5.74, 6) is 2.57. The van der Waals surface area contributed by atoms with Crippen molar-refractivity contribution in [2.24, 2.45) is 7.05 Å². The van der Waals surface area contributed by atoms with Crippen molar-refractivity contribution >= 4 is 5.95 Å². The molecule has 0 spiro atoms. The summed E-state index contributed by atoms with van der Waals surface area (Å²) in [5, 5.41) is 3.39. The van der Waals surface area contributed by atoms with Crippen LogP contribution in [-0.4, -0.2) is 23.3 Å². The number of rotatable bonds is 7. The van der Waals surface area contributed by atoms with Gasteiger partial charge in [0.25, 0.3) is 0 Å². The molecule has 0 fully saturated rings. The first-order chi connectivity index (χ1) is 12.2. The summed E-state index contributed by atoms with van der Waals surface area (Å²) in [6, 6.07) is 16.0. The molecule has 3 aromatic rings. The lowest BCUT2D eigenvalue weighted by molar-refractivity contribution is 0.337. The fourth-order valence-corrected chi connectivity index (χ4v) is 2.72. The Morgan fingerprint density at radius 2 is 1.84 bits per heavy atom. The highest BCUT2D eigenvalue weighted by molar-refractivity contribution is 5.62. The lowest BCUT2D eigenvalue weighted by Gasteiger charge is -2.12. The van der Waals surface area contributed by atoms with Crippen LogP contribution in [0, 0.1) is 0 Å². The van der Waals surface area contributed by atoms with Gasteiger partial charge in [-0.25, -0.2) is 4.98 Å². The third kappa shape index (κ3) is 3.76. The predicted molar refractivity (Wildman–Crippen MR) is 100 cm³/mol. The largest absolute Gasteiger partial charge is 0.497 e. The quantitative estimate of drug-likeness (QED) is 0.705. The summed E-state index contributed by atoms with van der Waals surface area (Å²) in [6.45, 7) is 3.30. The third-order valence-electron chi connectivity index (χ3n) is 4.08. The van der Waals surface area contributed by atoms with Gasteiger partial charge in [-0.15, -0.1) is 0 Å². The van der Waals surface area contributed by atoms with Crippen LogP contribution in [0.1, 0.15) is 12.5 Å². The number of para-hydroxylation sites is 1. The van der Waals surface area contributed by atoms with E-state index in [-0.39, 0.29) is 0 Å². The van der Waals surface area contributed by atoms with Crippen LogP contribution in [0.2, 0.25) is 0 Å². The molecule has 25 heavy (non-hydrogen) atoms. The summed E-state index contributed by atoms with van der Waals surface area (Å²) in [6.07, 6.45) is 1.87. The van der Waals surface area contributed by atoms with Gasteiger partial charge >= 0.3 is 0 Å². The number of imidazole rings is 1. The standard InChI is InChI=1S/C20H23N3O2/c1-4-25-19-8-6-5-7-16(19)13-21-20-22-14-18(23(20)2)15-9-11-17(24-3)12-10-15/h5-12,14H,4,13H2,1-3H3,(H,21,22). The van der Waals surface area contributed by atoms with E-state index in [9.17, 15) is 0 Å². The second kappa shape index (κ2) is 7.75. The van der Waals surface area contributed by atoms with E-state index >= 15 is 0 Å². The summed E-state index contributed by atoms with van der Waals surface area (Å²) < 4.78 is 12.9. The van der Waals surface area contributed by atoms with Crippen LogP contribution in [-0.2, 0) is 13.6 Å². The minimum Gasteiger partial charge on any atom is -0.497 e. The zero-order valence-electron chi connectivity index (χ0n) is 14.8. The summed E-state index contributed by atoms with van der Waals surface area (Å²) in [7, 11) is 3.67. The molecule has 0 aliphatic carbocycles. The fraction of sp³-hybridized carbons (Fsp3) is 0.250. The van der Waals surface area contributed by atoms with Crippen molar-refractivity contribution in [2.75, 3.05) is 19.0 Å². The average Bonchev–Trinajstić information content (AvgIpc) is 3.02. The van der Waals surface area contributed by atoms with Gasteiger partial charge in [0.15, 0.2) is 0 Å². The second-order valence-corrected chi connectivity index (χ2v) is 5.65.